The van der Waals surface area contributed by atoms with Crippen molar-refractivity contribution >= 4 is 76.1 Å². The molecule has 0 saturated heterocycles. The van der Waals surface area contributed by atoms with Gasteiger partial charge >= 0.3 is 0 Å². The first kappa shape index (κ1) is 30.8. The van der Waals surface area contributed by atoms with Crippen LogP contribution in [0.15, 0.2) is 186 Å². The van der Waals surface area contributed by atoms with E-state index in [1.807, 2.05) is 60.7 Å². The Labute approximate surface area is 320 Å². The first-order chi connectivity index (χ1) is 27.8. The first-order valence-corrected chi connectivity index (χ1v) is 18.9. The third kappa shape index (κ3) is 4.58. The number of hydrogen-bond acceptors (Lipinski definition) is 4. The largest absolute Gasteiger partial charge is 0.455 e. The molecule has 0 aliphatic rings. The molecule has 0 fully saturated rings. The van der Waals surface area contributed by atoms with Crippen LogP contribution in [0.4, 0.5) is 0 Å². The Balaban J connectivity index is 1.14. The smallest absolute Gasteiger partial charge is 0.167 e. The molecule has 12 aromatic rings. The van der Waals surface area contributed by atoms with E-state index in [4.69, 9.17) is 19.4 Å². The summed E-state index contributed by atoms with van der Waals surface area (Å²) in [6, 6.07) is 64.0. The number of benzene rings is 9. The van der Waals surface area contributed by atoms with E-state index >= 15 is 0 Å². The molecule has 0 radical (unpaired) electrons. The van der Waals surface area contributed by atoms with Gasteiger partial charge in [-0.15, -0.1) is 0 Å². The van der Waals surface area contributed by atoms with Gasteiger partial charge < -0.3 is 8.98 Å². The molecular formula is C51H30N4O. The van der Waals surface area contributed by atoms with Crippen LogP contribution in [0.25, 0.3) is 116 Å². The standard InChI is InChI=1S/C51H30N4O/c1-2-14-32(15-3-1)49-52-50(54-51(53-49)42-23-12-22-40-38-21-10-11-24-46(38)56-48(40)42)41-27-28-44(37-20-9-8-19-36(37)41)55-45-30-34-17-5-4-16-33(34)29-43(45)39-26-25-31-13-6-7-18-35(31)47(39)55/h1-30H. The van der Waals surface area contributed by atoms with Crippen LogP contribution in [0.2, 0.25) is 0 Å². The molecule has 0 spiro atoms. The third-order valence-electron chi connectivity index (χ3n) is 11.2. The molecule has 12 rings (SSSR count). The van der Waals surface area contributed by atoms with Crippen LogP contribution in [0, 0.1) is 0 Å². The van der Waals surface area contributed by atoms with Gasteiger partial charge in [-0.25, -0.2) is 15.0 Å². The van der Waals surface area contributed by atoms with Gasteiger partial charge in [-0.3, -0.25) is 0 Å². The number of furan rings is 1. The molecule has 3 heterocycles. The molecule has 56 heavy (non-hydrogen) atoms. The molecule has 9 aromatic carbocycles. The van der Waals surface area contributed by atoms with E-state index in [-0.39, 0.29) is 0 Å². The van der Waals surface area contributed by atoms with Gasteiger partial charge in [-0.05, 0) is 57.9 Å². The summed E-state index contributed by atoms with van der Waals surface area (Å²) in [4.78, 5) is 15.5. The summed E-state index contributed by atoms with van der Waals surface area (Å²) in [7, 11) is 0. The minimum Gasteiger partial charge on any atom is -0.455 e. The van der Waals surface area contributed by atoms with E-state index in [1.54, 1.807) is 0 Å². The van der Waals surface area contributed by atoms with E-state index in [9.17, 15) is 0 Å². The van der Waals surface area contributed by atoms with Crippen molar-refractivity contribution in [1.82, 2.24) is 19.5 Å². The summed E-state index contributed by atoms with van der Waals surface area (Å²) in [6.07, 6.45) is 0. The van der Waals surface area contributed by atoms with E-state index in [1.165, 1.54) is 43.4 Å². The van der Waals surface area contributed by atoms with Gasteiger partial charge in [-0.2, -0.15) is 0 Å². The van der Waals surface area contributed by atoms with Crippen LogP contribution < -0.4 is 0 Å². The fraction of sp³-hybridized carbons (Fsp3) is 0. The molecule has 0 saturated carbocycles. The fourth-order valence-electron chi connectivity index (χ4n) is 8.64. The average molecular weight is 715 g/mol. The molecule has 0 amide bonds. The molecule has 0 unspecified atom stereocenters. The number of hydrogen-bond donors (Lipinski definition) is 0. The molecule has 0 bridgehead atoms. The Morgan fingerprint density at radius 2 is 1.02 bits per heavy atom. The number of fused-ring (bicyclic) bond motifs is 10. The Hall–Kier alpha value is -7.63. The highest BCUT2D eigenvalue weighted by Crippen LogP contribution is 2.42. The first-order valence-electron chi connectivity index (χ1n) is 18.9. The highest BCUT2D eigenvalue weighted by atomic mass is 16.3. The molecule has 0 atom stereocenters. The second-order valence-electron chi connectivity index (χ2n) is 14.4. The molecule has 0 aliphatic carbocycles. The topological polar surface area (TPSA) is 56.7 Å². The summed E-state index contributed by atoms with van der Waals surface area (Å²) in [5.41, 5.74) is 7.72. The normalized spacial score (nSPS) is 11.9. The van der Waals surface area contributed by atoms with Crippen molar-refractivity contribution in [1.29, 1.82) is 0 Å². The van der Waals surface area contributed by atoms with Crippen LogP contribution >= 0.6 is 0 Å². The minimum absolute atomic E-state index is 0.562. The number of rotatable bonds is 4. The summed E-state index contributed by atoms with van der Waals surface area (Å²) in [5, 5.41) is 11.6. The van der Waals surface area contributed by atoms with Gasteiger partial charge in [0.05, 0.1) is 22.3 Å². The lowest BCUT2D eigenvalue weighted by Gasteiger charge is -2.16. The van der Waals surface area contributed by atoms with Crippen molar-refractivity contribution in [2.75, 3.05) is 0 Å². The predicted molar refractivity (Wildman–Crippen MR) is 230 cm³/mol. The molecule has 5 heteroatoms. The van der Waals surface area contributed by atoms with Crippen LogP contribution in [0.5, 0.6) is 0 Å². The number of aromatic nitrogens is 4. The zero-order valence-electron chi connectivity index (χ0n) is 30.0. The molecule has 5 nitrogen and oxygen atoms in total. The molecule has 0 N–H and O–H groups in total. The van der Waals surface area contributed by atoms with Crippen LogP contribution in [-0.4, -0.2) is 19.5 Å². The van der Waals surface area contributed by atoms with Gasteiger partial charge in [0, 0.05) is 43.4 Å². The Morgan fingerprint density at radius 1 is 0.375 bits per heavy atom. The Kier molecular flexibility index (Phi) is 6.56. The number of para-hydroxylation sites is 2. The van der Waals surface area contributed by atoms with E-state index in [2.05, 4.69) is 126 Å². The summed E-state index contributed by atoms with van der Waals surface area (Å²) in [6.45, 7) is 0. The van der Waals surface area contributed by atoms with Crippen LogP contribution in [-0.2, 0) is 0 Å². The lowest BCUT2D eigenvalue weighted by Crippen LogP contribution is -2.02. The maximum Gasteiger partial charge on any atom is 0.167 e. The second kappa shape index (κ2) is 11.9. The molecule has 260 valence electrons. The van der Waals surface area contributed by atoms with Crippen LogP contribution in [0.1, 0.15) is 0 Å². The molecule has 3 aromatic heterocycles. The van der Waals surface area contributed by atoms with E-state index < -0.39 is 0 Å². The maximum atomic E-state index is 6.48. The Bertz CT molecular complexity index is 3540. The van der Waals surface area contributed by atoms with Gasteiger partial charge in [0.25, 0.3) is 0 Å². The maximum absolute atomic E-state index is 6.48. The van der Waals surface area contributed by atoms with Crippen molar-refractivity contribution in [3.63, 3.8) is 0 Å². The van der Waals surface area contributed by atoms with E-state index in [0.717, 1.165) is 55.1 Å². The number of nitrogens with zero attached hydrogens (tertiary/aromatic N) is 4. The SMILES string of the molecule is c1ccc(-c2nc(-c3ccc(-n4c5cc6ccccc6cc5c5ccc6ccccc6c54)c4ccccc34)nc(-c3cccc4c3oc3ccccc34)n2)cc1. The summed E-state index contributed by atoms with van der Waals surface area (Å²) < 4.78 is 8.94. The average Bonchev–Trinajstić information content (AvgIpc) is 3.81. The van der Waals surface area contributed by atoms with Gasteiger partial charge in [0.1, 0.15) is 11.2 Å². The third-order valence-corrected chi connectivity index (χ3v) is 11.2. The monoisotopic (exact) mass is 714 g/mol. The zero-order chi connectivity index (χ0) is 36.7. The highest BCUT2D eigenvalue weighted by molar-refractivity contribution is 6.21. The van der Waals surface area contributed by atoms with Gasteiger partial charge in [0.2, 0.25) is 0 Å². The zero-order valence-corrected chi connectivity index (χ0v) is 30.0. The van der Waals surface area contributed by atoms with Crippen molar-refractivity contribution in [3.8, 4) is 39.9 Å². The Morgan fingerprint density at radius 3 is 1.86 bits per heavy atom. The lowest BCUT2D eigenvalue weighted by molar-refractivity contribution is 0.669. The minimum atomic E-state index is 0.562. The molecule has 0 aliphatic heterocycles. The van der Waals surface area contributed by atoms with Crippen LogP contribution in [0.3, 0.4) is 0 Å². The predicted octanol–water partition coefficient (Wildman–Crippen LogP) is 13.3. The van der Waals surface area contributed by atoms with Crippen molar-refractivity contribution in [3.05, 3.63) is 182 Å². The fourth-order valence-corrected chi connectivity index (χ4v) is 8.64. The van der Waals surface area contributed by atoms with Gasteiger partial charge in [-0.1, -0.05) is 146 Å². The van der Waals surface area contributed by atoms with Crippen molar-refractivity contribution in [2.24, 2.45) is 0 Å². The summed E-state index contributed by atoms with van der Waals surface area (Å²) in [5.74, 6) is 1.77. The second-order valence-corrected chi connectivity index (χ2v) is 14.4. The highest BCUT2D eigenvalue weighted by Gasteiger charge is 2.22. The van der Waals surface area contributed by atoms with Crippen molar-refractivity contribution < 1.29 is 4.42 Å². The van der Waals surface area contributed by atoms with Crippen molar-refractivity contribution in [2.45, 2.75) is 0 Å². The molecular weight excluding hydrogens is 685 g/mol. The quantitative estimate of drug-likeness (QED) is 0.182. The van der Waals surface area contributed by atoms with Gasteiger partial charge in [0.15, 0.2) is 17.5 Å². The summed E-state index contributed by atoms with van der Waals surface area (Å²) >= 11 is 0. The van der Waals surface area contributed by atoms with E-state index in [0.29, 0.717) is 17.5 Å². The lowest BCUT2D eigenvalue weighted by atomic mass is 10.0.